The second kappa shape index (κ2) is 6.77. The van der Waals surface area contributed by atoms with Gasteiger partial charge in [0.1, 0.15) is 11.5 Å². The minimum Gasteiger partial charge on any atom is -0.383 e. The van der Waals surface area contributed by atoms with E-state index < -0.39 is 11.2 Å². The molecule has 0 spiro atoms. The van der Waals surface area contributed by atoms with E-state index >= 15 is 0 Å². The Labute approximate surface area is 122 Å². The van der Waals surface area contributed by atoms with E-state index in [2.05, 4.69) is 10.3 Å². The van der Waals surface area contributed by atoms with E-state index in [4.69, 9.17) is 15.2 Å². The van der Waals surface area contributed by atoms with Crippen LogP contribution in [0.1, 0.15) is 13.8 Å². The normalized spacial score (nSPS) is 18.9. The average Bonchev–Trinajstić information content (AvgIpc) is 2.44. The average molecular weight is 298 g/mol. The van der Waals surface area contributed by atoms with Crippen molar-refractivity contribution >= 4 is 11.5 Å². The molecule has 1 aliphatic rings. The fourth-order valence-corrected chi connectivity index (χ4v) is 2.18. The molecule has 0 aromatic carbocycles. The maximum Gasteiger partial charge on any atom is 0.330 e. The van der Waals surface area contributed by atoms with Gasteiger partial charge in [0.25, 0.3) is 5.56 Å². The van der Waals surface area contributed by atoms with Gasteiger partial charge >= 0.3 is 5.69 Å². The van der Waals surface area contributed by atoms with Gasteiger partial charge in [-0.15, -0.1) is 0 Å². The van der Waals surface area contributed by atoms with E-state index in [1.807, 2.05) is 13.8 Å². The lowest BCUT2D eigenvalue weighted by Gasteiger charge is -2.24. The van der Waals surface area contributed by atoms with Crippen LogP contribution in [0.3, 0.4) is 0 Å². The number of nitrogen functional groups attached to an aromatic ring is 1. The summed E-state index contributed by atoms with van der Waals surface area (Å²) in [4.78, 5) is 26.0. The quantitative estimate of drug-likeness (QED) is 0.682. The first-order valence-corrected chi connectivity index (χ1v) is 7.05. The SMILES string of the molecule is CC(C)Cn1c(N)c(NCC2COCCO2)c(=O)[nH]c1=O. The molecule has 1 unspecified atom stereocenters. The molecule has 4 N–H and O–H groups in total. The summed E-state index contributed by atoms with van der Waals surface area (Å²) in [6, 6.07) is 0. The van der Waals surface area contributed by atoms with Crippen molar-refractivity contribution < 1.29 is 9.47 Å². The van der Waals surface area contributed by atoms with Gasteiger partial charge in [-0.2, -0.15) is 0 Å². The number of rotatable bonds is 5. The second-order valence-corrected chi connectivity index (χ2v) is 5.47. The molecule has 2 rings (SSSR count). The Hall–Kier alpha value is -1.80. The van der Waals surface area contributed by atoms with E-state index in [0.717, 1.165) is 0 Å². The lowest BCUT2D eigenvalue weighted by atomic mass is 10.2. The molecule has 2 heterocycles. The van der Waals surface area contributed by atoms with Crippen LogP contribution >= 0.6 is 0 Å². The number of ether oxygens (including phenoxy) is 2. The Morgan fingerprint density at radius 3 is 2.81 bits per heavy atom. The number of anilines is 2. The number of nitrogens with zero attached hydrogens (tertiary/aromatic N) is 1. The van der Waals surface area contributed by atoms with Crippen molar-refractivity contribution in [1.29, 1.82) is 0 Å². The molecular formula is C13H22N4O4. The summed E-state index contributed by atoms with van der Waals surface area (Å²) in [7, 11) is 0. The van der Waals surface area contributed by atoms with Crippen LogP contribution in [0.4, 0.5) is 11.5 Å². The largest absolute Gasteiger partial charge is 0.383 e. The van der Waals surface area contributed by atoms with Crippen molar-refractivity contribution in [1.82, 2.24) is 9.55 Å². The van der Waals surface area contributed by atoms with Crippen molar-refractivity contribution in [3.05, 3.63) is 20.8 Å². The van der Waals surface area contributed by atoms with Gasteiger partial charge in [-0.05, 0) is 5.92 Å². The molecule has 1 atom stereocenters. The number of hydrogen-bond donors (Lipinski definition) is 3. The zero-order valence-corrected chi connectivity index (χ0v) is 12.3. The summed E-state index contributed by atoms with van der Waals surface area (Å²) in [6.07, 6.45) is -0.136. The Kier molecular flexibility index (Phi) is 5.03. The van der Waals surface area contributed by atoms with Gasteiger partial charge in [-0.1, -0.05) is 13.8 Å². The first-order chi connectivity index (χ1) is 9.99. The minimum absolute atomic E-state index is 0.136. The van der Waals surface area contributed by atoms with Crippen LogP contribution in [-0.2, 0) is 16.0 Å². The predicted octanol–water partition coefficient (Wildman–Crippen LogP) is -0.398. The summed E-state index contributed by atoms with van der Waals surface area (Å²) in [5.74, 6) is 0.382. The smallest absolute Gasteiger partial charge is 0.330 e. The van der Waals surface area contributed by atoms with Gasteiger partial charge in [0.15, 0.2) is 0 Å². The molecule has 0 amide bonds. The Morgan fingerprint density at radius 2 is 2.19 bits per heavy atom. The van der Waals surface area contributed by atoms with Gasteiger partial charge in [-0.25, -0.2) is 4.79 Å². The van der Waals surface area contributed by atoms with Crippen LogP contribution < -0.4 is 22.3 Å². The van der Waals surface area contributed by atoms with Gasteiger partial charge in [0.05, 0.1) is 25.9 Å². The number of nitrogens with two attached hydrogens (primary N) is 1. The summed E-state index contributed by atoms with van der Waals surface area (Å²) >= 11 is 0. The van der Waals surface area contributed by atoms with Gasteiger partial charge in [-0.3, -0.25) is 14.3 Å². The number of H-pyrrole nitrogens is 1. The summed E-state index contributed by atoms with van der Waals surface area (Å²) in [5, 5.41) is 2.96. The van der Waals surface area contributed by atoms with Crippen LogP contribution in [0.15, 0.2) is 9.59 Å². The highest BCUT2D eigenvalue weighted by molar-refractivity contribution is 5.60. The van der Waals surface area contributed by atoms with Crippen molar-refractivity contribution in [3.63, 3.8) is 0 Å². The monoisotopic (exact) mass is 298 g/mol. The molecule has 0 saturated carbocycles. The lowest BCUT2D eigenvalue weighted by molar-refractivity contribution is -0.0818. The van der Waals surface area contributed by atoms with Crippen molar-refractivity contribution in [3.8, 4) is 0 Å². The van der Waals surface area contributed by atoms with Crippen LogP contribution in [0, 0.1) is 5.92 Å². The highest BCUT2D eigenvalue weighted by Gasteiger charge is 2.17. The lowest BCUT2D eigenvalue weighted by Crippen LogP contribution is -2.38. The third kappa shape index (κ3) is 3.85. The third-order valence-electron chi connectivity index (χ3n) is 3.18. The molecule has 0 aliphatic carbocycles. The van der Waals surface area contributed by atoms with E-state index in [-0.39, 0.29) is 23.5 Å². The molecule has 118 valence electrons. The number of aromatic nitrogens is 2. The predicted molar refractivity (Wildman–Crippen MR) is 79.6 cm³/mol. The van der Waals surface area contributed by atoms with Crippen molar-refractivity contribution in [2.45, 2.75) is 26.5 Å². The summed E-state index contributed by atoms with van der Waals surface area (Å²) in [6.45, 7) is 6.36. The third-order valence-corrected chi connectivity index (χ3v) is 3.18. The molecule has 1 fully saturated rings. The van der Waals surface area contributed by atoms with Gasteiger partial charge < -0.3 is 20.5 Å². The minimum atomic E-state index is -0.519. The number of nitrogens with one attached hydrogen (secondary N) is 2. The van der Waals surface area contributed by atoms with E-state index in [0.29, 0.717) is 32.9 Å². The molecule has 1 saturated heterocycles. The van der Waals surface area contributed by atoms with Gasteiger partial charge in [0.2, 0.25) is 0 Å². The Morgan fingerprint density at radius 1 is 1.43 bits per heavy atom. The number of aromatic amines is 1. The first kappa shape index (κ1) is 15.6. The van der Waals surface area contributed by atoms with Crippen molar-refractivity contribution in [2.75, 3.05) is 37.4 Å². The molecule has 1 aliphatic heterocycles. The molecule has 8 nitrogen and oxygen atoms in total. The van der Waals surface area contributed by atoms with E-state index in [9.17, 15) is 9.59 Å². The Balaban J connectivity index is 2.18. The molecule has 21 heavy (non-hydrogen) atoms. The molecule has 0 bridgehead atoms. The molecule has 0 radical (unpaired) electrons. The maximum atomic E-state index is 11.9. The standard InChI is InChI=1S/C13H22N4O4/c1-8(2)6-17-11(14)10(12(18)16-13(17)19)15-5-9-7-20-3-4-21-9/h8-9,15H,3-7,14H2,1-2H3,(H,16,18,19). The van der Waals surface area contributed by atoms with Crippen LogP contribution in [0.2, 0.25) is 0 Å². The van der Waals surface area contributed by atoms with Crippen LogP contribution in [0.25, 0.3) is 0 Å². The maximum absolute atomic E-state index is 11.9. The van der Waals surface area contributed by atoms with Crippen LogP contribution in [0.5, 0.6) is 0 Å². The topological polar surface area (TPSA) is 111 Å². The van der Waals surface area contributed by atoms with Crippen molar-refractivity contribution in [2.24, 2.45) is 5.92 Å². The first-order valence-electron chi connectivity index (χ1n) is 7.05. The molecular weight excluding hydrogens is 276 g/mol. The van der Waals surface area contributed by atoms with E-state index in [1.54, 1.807) is 0 Å². The zero-order valence-electron chi connectivity index (χ0n) is 12.3. The molecule has 1 aromatic heterocycles. The fraction of sp³-hybridized carbons (Fsp3) is 0.692. The van der Waals surface area contributed by atoms with E-state index in [1.165, 1.54) is 4.57 Å². The highest BCUT2D eigenvalue weighted by atomic mass is 16.6. The number of hydrogen-bond acceptors (Lipinski definition) is 6. The summed E-state index contributed by atoms with van der Waals surface area (Å²) < 4.78 is 12.1. The van der Waals surface area contributed by atoms with Crippen LogP contribution in [-0.4, -0.2) is 42.0 Å². The fourth-order valence-electron chi connectivity index (χ4n) is 2.18. The molecule has 1 aromatic rings. The highest BCUT2D eigenvalue weighted by Crippen LogP contribution is 2.12. The molecule has 8 heteroatoms. The summed E-state index contributed by atoms with van der Waals surface area (Å²) in [5.41, 5.74) is 5.14. The Bertz CT molecular complexity index is 587. The zero-order chi connectivity index (χ0) is 15.4. The second-order valence-electron chi connectivity index (χ2n) is 5.47. The van der Waals surface area contributed by atoms with Gasteiger partial charge in [0, 0.05) is 13.1 Å².